The molecule has 2 aromatic carbocycles. The number of anilines is 1. The first-order chi connectivity index (χ1) is 15.4. The number of carbonyl (C=O) groups is 2. The number of rotatable bonds is 8. The van der Waals surface area contributed by atoms with Gasteiger partial charge in [0.05, 0.1) is 11.4 Å². The van der Waals surface area contributed by atoms with Gasteiger partial charge in [-0.1, -0.05) is 53.2 Å². The molecule has 9 heteroatoms. The molecule has 32 heavy (non-hydrogen) atoms. The van der Waals surface area contributed by atoms with Crippen LogP contribution in [0.15, 0.2) is 64.5 Å². The molecule has 2 amide bonds. The van der Waals surface area contributed by atoms with Gasteiger partial charge in [-0.2, -0.15) is 0 Å². The molecular weight excluding hydrogens is 410 g/mol. The van der Waals surface area contributed by atoms with E-state index in [4.69, 9.17) is 4.84 Å². The van der Waals surface area contributed by atoms with Crippen LogP contribution in [0.2, 0.25) is 0 Å². The quantitative estimate of drug-likeness (QED) is 0.417. The van der Waals surface area contributed by atoms with Gasteiger partial charge in [-0.25, -0.2) is 4.68 Å². The summed E-state index contributed by atoms with van der Waals surface area (Å²) in [5, 5.41) is 8.73. The molecule has 3 aromatic rings. The maximum absolute atomic E-state index is 12.8. The monoisotopic (exact) mass is 435 g/mol. The number of nitrogens with zero attached hydrogens (tertiary/aromatic N) is 3. The van der Waals surface area contributed by atoms with E-state index in [1.807, 2.05) is 49.4 Å². The predicted molar refractivity (Wildman–Crippen MR) is 122 cm³/mol. The molecule has 3 rings (SSSR count). The Hall–Kier alpha value is -4.14. The summed E-state index contributed by atoms with van der Waals surface area (Å²) in [4.78, 5) is 41.6. The molecule has 0 aliphatic heterocycles. The summed E-state index contributed by atoms with van der Waals surface area (Å²) in [6, 6.07) is 16.9. The van der Waals surface area contributed by atoms with Crippen LogP contribution >= 0.6 is 0 Å². The van der Waals surface area contributed by atoms with Gasteiger partial charge in [-0.3, -0.25) is 19.1 Å². The second kappa shape index (κ2) is 10.3. The number of amides is 2. The van der Waals surface area contributed by atoms with E-state index in [0.29, 0.717) is 17.9 Å². The molecule has 1 aromatic heterocycles. The highest BCUT2D eigenvalue weighted by Crippen LogP contribution is 2.13. The van der Waals surface area contributed by atoms with Gasteiger partial charge in [0, 0.05) is 13.6 Å². The van der Waals surface area contributed by atoms with Crippen LogP contribution < -0.4 is 16.2 Å². The van der Waals surface area contributed by atoms with Crippen molar-refractivity contribution in [3.63, 3.8) is 0 Å². The van der Waals surface area contributed by atoms with E-state index < -0.39 is 5.91 Å². The average Bonchev–Trinajstić information content (AvgIpc) is 3.00. The third kappa shape index (κ3) is 5.51. The molecule has 2 N–H and O–H groups in total. The number of nitrogens with one attached hydrogen (secondary N) is 2. The Morgan fingerprint density at radius 3 is 2.44 bits per heavy atom. The minimum atomic E-state index is -0.643. The molecule has 0 aliphatic carbocycles. The highest BCUT2D eigenvalue weighted by molar-refractivity contribution is 6.31. The van der Waals surface area contributed by atoms with Gasteiger partial charge in [0.15, 0.2) is 6.61 Å². The summed E-state index contributed by atoms with van der Waals surface area (Å²) in [6.45, 7) is 3.75. The second-order valence-corrected chi connectivity index (χ2v) is 7.20. The summed E-state index contributed by atoms with van der Waals surface area (Å²) < 4.78 is 3.11. The predicted octanol–water partition coefficient (Wildman–Crippen LogP) is 2.05. The first-order valence-corrected chi connectivity index (χ1v) is 9.99. The van der Waals surface area contributed by atoms with Crippen molar-refractivity contribution in [3.05, 3.63) is 81.8 Å². The molecule has 0 unspecified atom stereocenters. The van der Waals surface area contributed by atoms with Crippen LogP contribution in [0.1, 0.15) is 16.8 Å². The first-order valence-electron chi connectivity index (χ1n) is 9.99. The van der Waals surface area contributed by atoms with Gasteiger partial charge in [0.25, 0.3) is 17.4 Å². The minimum Gasteiger partial charge on any atom is -0.386 e. The topological polar surface area (TPSA) is 107 Å². The van der Waals surface area contributed by atoms with Crippen molar-refractivity contribution in [1.82, 2.24) is 14.7 Å². The van der Waals surface area contributed by atoms with Crippen LogP contribution in [0.4, 0.5) is 5.69 Å². The Bertz CT molecular complexity index is 1180. The van der Waals surface area contributed by atoms with Gasteiger partial charge >= 0.3 is 0 Å². The number of aromatic nitrogens is 2. The lowest BCUT2D eigenvalue weighted by Gasteiger charge is -2.07. The molecule has 1 heterocycles. The van der Waals surface area contributed by atoms with Crippen LogP contribution in [-0.2, 0) is 28.0 Å². The van der Waals surface area contributed by atoms with Gasteiger partial charge in [0.1, 0.15) is 11.9 Å². The zero-order chi connectivity index (χ0) is 23.1. The molecule has 0 radical (unpaired) electrons. The number of aryl methyl sites for hydroxylation is 1. The van der Waals surface area contributed by atoms with Crippen LogP contribution in [-0.4, -0.2) is 34.0 Å². The highest BCUT2D eigenvalue weighted by Gasteiger charge is 2.17. The summed E-state index contributed by atoms with van der Waals surface area (Å²) >= 11 is 0. The molecular formula is C23H25N5O4. The lowest BCUT2D eigenvalue weighted by Crippen LogP contribution is -2.26. The SMILES string of the molecule is Cc1ccc(CNC(=O)CO/N=C\C(=O)Nc2c(C)n(C)n(-c3ccccc3)c2=O)cc1. The Morgan fingerprint density at radius 2 is 1.75 bits per heavy atom. The summed E-state index contributed by atoms with van der Waals surface area (Å²) in [6.07, 6.45) is 0.881. The molecule has 0 atom stereocenters. The third-order valence-corrected chi connectivity index (χ3v) is 4.85. The van der Waals surface area contributed by atoms with Crippen LogP contribution in [0.3, 0.4) is 0 Å². The van der Waals surface area contributed by atoms with Crippen molar-refractivity contribution in [2.45, 2.75) is 20.4 Å². The van der Waals surface area contributed by atoms with E-state index >= 15 is 0 Å². The first kappa shape index (κ1) is 22.5. The maximum atomic E-state index is 12.8. The number of oxime groups is 1. The zero-order valence-corrected chi connectivity index (χ0v) is 18.2. The van der Waals surface area contributed by atoms with Crippen molar-refractivity contribution < 1.29 is 14.4 Å². The lowest BCUT2D eigenvalue weighted by molar-refractivity contribution is -0.126. The van der Waals surface area contributed by atoms with Crippen molar-refractivity contribution in [2.24, 2.45) is 12.2 Å². The molecule has 0 aliphatic rings. The fraction of sp³-hybridized carbons (Fsp3) is 0.217. The summed E-state index contributed by atoms with van der Waals surface area (Å²) in [7, 11) is 1.73. The third-order valence-electron chi connectivity index (χ3n) is 4.85. The molecule has 0 bridgehead atoms. The van der Waals surface area contributed by atoms with E-state index in [9.17, 15) is 14.4 Å². The number of benzene rings is 2. The number of hydrogen-bond acceptors (Lipinski definition) is 5. The molecule has 0 saturated carbocycles. The van der Waals surface area contributed by atoms with Crippen molar-refractivity contribution in [1.29, 1.82) is 0 Å². The zero-order valence-electron chi connectivity index (χ0n) is 18.2. The van der Waals surface area contributed by atoms with E-state index in [0.717, 1.165) is 17.3 Å². The molecule has 166 valence electrons. The Morgan fingerprint density at radius 1 is 1.06 bits per heavy atom. The smallest absolute Gasteiger partial charge is 0.295 e. The summed E-state index contributed by atoms with van der Waals surface area (Å²) in [5.41, 5.74) is 3.14. The molecule has 9 nitrogen and oxygen atoms in total. The maximum Gasteiger partial charge on any atom is 0.295 e. The largest absolute Gasteiger partial charge is 0.386 e. The summed E-state index contributed by atoms with van der Waals surface area (Å²) in [5.74, 6) is -1.01. The number of para-hydroxylation sites is 1. The Labute approximate surface area is 185 Å². The molecule has 0 spiro atoms. The Kier molecular flexibility index (Phi) is 7.22. The van der Waals surface area contributed by atoms with Crippen molar-refractivity contribution >= 4 is 23.7 Å². The highest BCUT2D eigenvalue weighted by atomic mass is 16.6. The van der Waals surface area contributed by atoms with Crippen molar-refractivity contribution in [3.8, 4) is 5.69 Å². The fourth-order valence-electron chi connectivity index (χ4n) is 3.01. The van der Waals surface area contributed by atoms with E-state index in [2.05, 4.69) is 15.8 Å². The number of hydrogen-bond donors (Lipinski definition) is 2. The normalized spacial score (nSPS) is 10.8. The minimum absolute atomic E-state index is 0.142. The van der Waals surface area contributed by atoms with E-state index in [-0.39, 0.29) is 23.8 Å². The fourth-order valence-corrected chi connectivity index (χ4v) is 3.01. The standard InChI is InChI=1S/C23H25N5O4/c1-16-9-11-18(12-10-16)13-24-21(30)15-32-25-14-20(29)26-22-17(2)27(3)28(23(22)31)19-7-5-4-6-8-19/h4-12,14H,13,15H2,1-3H3,(H,24,30)(H,26,29)/b25-14-. The molecule has 0 saturated heterocycles. The lowest BCUT2D eigenvalue weighted by atomic mass is 10.1. The average molecular weight is 435 g/mol. The van der Waals surface area contributed by atoms with Gasteiger partial charge in [-0.05, 0) is 31.5 Å². The van der Waals surface area contributed by atoms with Gasteiger partial charge in [0.2, 0.25) is 0 Å². The molecule has 0 fully saturated rings. The second-order valence-electron chi connectivity index (χ2n) is 7.20. The van der Waals surface area contributed by atoms with Gasteiger partial charge < -0.3 is 15.5 Å². The van der Waals surface area contributed by atoms with Gasteiger partial charge in [-0.15, -0.1) is 0 Å². The van der Waals surface area contributed by atoms with Crippen LogP contribution in [0, 0.1) is 13.8 Å². The van der Waals surface area contributed by atoms with Crippen LogP contribution in [0.5, 0.6) is 0 Å². The van der Waals surface area contributed by atoms with E-state index in [1.54, 1.807) is 30.8 Å². The Balaban J connectivity index is 1.52. The van der Waals surface area contributed by atoms with Crippen LogP contribution in [0.25, 0.3) is 5.69 Å². The van der Waals surface area contributed by atoms with Crippen molar-refractivity contribution in [2.75, 3.05) is 11.9 Å². The number of carbonyl (C=O) groups excluding carboxylic acids is 2. The van der Waals surface area contributed by atoms with E-state index in [1.165, 1.54) is 4.68 Å².